The zero-order valence-corrected chi connectivity index (χ0v) is 18.5. The first-order chi connectivity index (χ1) is 15.4. The molecule has 0 bridgehead atoms. The van der Waals surface area contributed by atoms with Crippen LogP contribution >= 0.6 is 11.8 Å². The average Bonchev–Trinajstić information content (AvgIpc) is 3.07. The van der Waals surface area contributed by atoms with Crippen LogP contribution in [0.3, 0.4) is 0 Å². The number of ether oxygens (including phenoxy) is 1. The summed E-state index contributed by atoms with van der Waals surface area (Å²) in [5, 5.41) is 14.6. The smallest absolute Gasteiger partial charge is 0.307 e. The van der Waals surface area contributed by atoms with Crippen LogP contribution in [0.25, 0.3) is 16.8 Å². The van der Waals surface area contributed by atoms with Crippen LogP contribution < -0.4 is 10.1 Å². The molecule has 0 aromatic heterocycles. The Balaban J connectivity index is 1.55. The van der Waals surface area contributed by atoms with Crippen LogP contribution in [0.1, 0.15) is 25.0 Å². The molecule has 0 atom stereocenters. The molecule has 0 spiro atoms. The van der Waals surface area contributed by atoms with E-state index in [1.165, 1.54) is 11.8 Å². The van der Waals surface area contributed by atoms with Crippen molar-refractivity contribution in [1.29, 1.82) is 0 Å². The molecular weight excluding hydrogens is 424 g/mol. The number of nitrogens with one attached hydrogen (secondary N) is 1. The molecule has 4 rings (SSSR count). The SMILES string of the molecule is CC(C)Oc1cc2ccccc2cc1C=C1SC(Nc2ccc(CC(=O)O)cc2)=NC1=O. The Hall–Kier alpha value is -3.58. The number of anilines is 1. The molecule has 0 fully saturated rings. The Morgan fingerprint density at radius 2 is 1.81 bits per heavy atom. The summed E-state index contributed by atoms with van der Waals surface area (Å²) < 4.78 is 6.00. The summed E-state index contributed by atoms with van der Waals surface area (Å²) in [5.74, 6) is -0.477. The lowest BCUT2D eigenvalue weighted by molar-refractivity contribution is -0.136. The minimum Gasteiger partial charge on any atom is -0.490 e. The van der Waals surface area contributed by atoms with Gasteiger partial charge in [0.25, 0.3) is 5.91 Å². The van der Waals surface area contributed by atoms with Gasteiger partial charge in [-0.25, -0.2) is 0 Å². The largest absolute Gasteiger partial charge is 0.490 e. The standard InChI is InChI=1S/C25H22N2O4S/c1-15(2)31-21-13-18-6-4-3-5-17(18)12-19(21)14-22-24(30)27-25(32-22)26-20-9-7-16(8-10-20)11-23(28)29/h3-10,12-15H,11H2,1-2H3,(H,28,29)(H,26,27,30). The Morgan fingerprint density at radius 3 is 2.47 bits per heavy atom. The van der Waals surface area contributed by atoms with Gasteiger partial charge in [-0.2, -0.15) is 4.99 Å². The minimum absolute atomic E-state index is 0.00202. The molecule has 0 radical (unpaired) electrons. The highest BCUT2D eigenvalue weighted by Crippen LogP contribution is 2.34. The van der Waals surface area contributed by atoms with Gasteiger partial charge in [-0.05, 0) is 72.3 Å². The molecule has 32 heavy (non-hydrogen) atoms. The van der Waals surface area contributed by atoms with Gasteiger partial charge in [-0.15, -0.1) is 0 Å². The Bertz CT molecular complexity index is 1250. The van der Waals surface area contributed by atoms with Crippen LogP contribution in [0.5, 0.6) is 5.75 Å². The number of carboxylic acid groups (broad SMARTS) is 1. The van der Waals surface area contributed by atoms with Crippen molar-refractivity contribution in [3.8, 4) is 5.75 Å². The molecule has 0 unspecified atom stereocenters. The van der Waals surface area contributed by atoms with E-state index in [4.69, 9.17) is 9.84 Å². The van der Waals surface area contributed by atoms with E-state index in [0.717, 1.165) is 27.8 Å². The maximum atomic E-state index is 12.5. The fourth-order valence-electron chi connectivity index (χ4n) is 3.31. The molecule has 7 heteroatoms. The maximum Gasteiger partial charge on any atom is 0.307 e. The molecule has 0 saturated carbocycles. The Kier molecular flexibility index (Phi) is 6.28. The number of carbonyl (C=O) groups excluding carboxylic acids is 1. The van der Waals surface area contributed by atoms with Crippen molar-refractivity contribution in [1.82, 2.24) is 0 Å². The van der Waals surface area contributed by atoms with Crippen LogP contribution in [-0.2, 0) is 16.0 Å². The number of carboxylic acids is 1. The highest BCUT2D eigenvalue weighted by atomic mass is 32.2. The molecule has 3 aromatic carbocycles. The molecular formula is C25H22N2O4S. The van der Waals surface area contributed by atoms with E-state index in [9.17, 15) is 9.59 Å². The summed E-state index contributed by atoms with van der Waals surface area (Å²) in [7, 11) is 0. The van der Waals surface area contributed by atoms with E-state index in [1.807, 2.05) is 56.3 Å². The maximum absolute atomic E-state index is 12.5. The van der Waals surface area contributed by atoms with E-state index in [0.29, 0.717) is 15.6 Å². The van der Waals surface area contributed by atoms with Gasteiger partial charge in [0.15, 0.2) is 5.17 Å². The number of amidine groups is 1. The van der Waals surface area contributed by atoms with E-state index in [1.54, 1.807) is 24.3 Å². The van der Waals surface area contributed by atoms with Crippen molar-refractivity contribution < 1.29 is 19.4 Å². The summed E-state index contributed by atoms with van der Waals surface area (Å²) >= 11 is 1.26. The summed E-state index contributed by atoms with van der Waals surface area (Å²) in [6.07, 6.45) is 1.77. The van der Waals surface area contributed by atoms with Gasteiger partial charge in [0.05, 0.1) is 17.4 Å². The first-order valence-electron chi connectivity index (χ1n) is 10.2. The molecule has 1 heterocycles. The number of rotatable bonds is 6. The van der Waals surface area contributed by atoms with E-state index < -0.39 is 5.97 Å². The zero-order valence-electron chi connectivity index (χ0n) is 17.7. The van der Waals surface area contributed by atoms with Gasteiger partial charge < -0.3 is 15.2 Å². The van der Waals surface area contributed by atoms with Crippen LogP contribution in [0.2, 0.25) is 0 Å². The van der Waals surface area contributed by atoms with Crippen molar-refractivity contribution in [2.45, 2.75) is 26.4 Å². The van der Waals surface area contributed by atoms with Gasteiger partial charge in [0.1, 0.15) is 5.75 Å². The van der Waals surface area contributed by atoms with Crippen molar-refractivity contribution >= 4 is 51.3 Å². The number of nitrogens with zero attached hydrogens (tertiary/aromatic N) is 1. The molecule has 6 nitrogen and oxygen atoms in total. The number of hydrogen-bond donors (Lipinski definition) is 2. The van der Waals surface area contributed by atoms with E-state index >= 15 is 0 Å². The number of benzene rings is 3. The second-order valence-corrected chi connectivity index (χ2v) is 8.66. The van der Waals surface area contributed by atoms with Gasteiger partial charge in [-0.1, -0.05) is 36.4 Å². The highest BCUT2D eigenvalue weighted by molar-refractivity contribution is 8.18. The lowest BCUT2D eigenvalue weighted by Gasteiger charge is -2.14. The number of thioether (sulfide) groups is 1. The van der Waals surface area contributed by atoms with Crippen molar-refractivity contribution in [3.63, 3.8) is 0 Å². The number of carbonyl (C=O) groups is 2. The van der Waals surface area contributed by atoms with Gasteiger partial charge in [0, 0.05) is 11.3 Å². The van der Waals surface area contributed by atoms with Crippen molar-refractivity contribution in [2.75, 3.05) is 5.32 Å². The van der Waals surface area contributed by atoms with Gasteiger partial charge >= 0.3 is 5.97 Å². The summed E-state index contributed by atoms with van der Waals surface area (Å²) in [6.45, 7) is 3.93. The second-order valence-electron chi connectivity index (χ2n) is 7.63. The monoisotopic (exact) mass is 446 g/mol. The highest BCUT2D eigenvalue weighted by Gasteiger charge is 2.23. The number of amides is 1. The number of fused-ring (bicyclic) bond motifs is 1. The molecule has 0 aliphatic carbocycles. The Morgan fingerprint density at radius 1 is 1.12 bits per heavy atom. The third-order valence-electron chi connectivity index (χ3n) is 4.71. The van der Waals surface area contributed by atoms with Crippen molar-refractivity contribution in [3.05, 3.63) is 76.7 Å². The molecule has 2 N–H and O–H groups in total. The fourth-order valence-corrected chi connectivity index (χ4v) is 4.14. The average molecular weight is 447 g/mol. The number of aliphatic carboxylic acids is 1. The molecule has 162 valence electrons. The van der Waals surface area contributed by atoms with Gasteiger partial charge in [-0.3, -0.25) is 9.59 Å². The van der Waals surface area contributed by atoms with Crippen LogP contribution in [0, 0.1) is 0 Å². The summed E-state index contributed by atoms with van der Waals surface area (Å²) in [4.78, 5) is 28.0. The predicted octanol–water partition coefficient (Wildman–Crippen LogP) is 5.34. The predicted molar refractivity (Wildman–Crippen MR) is 129 cm³/mol. The van der Waals surface area contributed by atoms with Crippen LogP contribution in [0.15, 0.2) is 70.6 Å². The summed E-state index contributed by atoms with van der Waals surface area (Å²) in [6, 6.07) is 19.0. The second kappa shape index (κ2) is 9.28. The molecule has 3 aromatic rings. The number of aliphatic imine (C=N–C) groups is 1. The summed E-state index contributed by atoms with van der Waals surface area (Å²) in [5.41, 5.74) is 2.26. The quantitative estimate of drug-likeness (QED) is 0.497. The first-order valence-corrected chi connectivity index (χ1v) is 11.0. The van der Waals surface area contributed by atoms with Gasteiger partial charge in [0.2, 0.25) is 0 Å². The Labute approximate surface area is 190 Å². The van der Waals surface area contributed by atoms with E-state index in [-0.39, 0.29) is 18.4 Å². The van der Waals surface area contributed by atoms with Crippen LogP contribution in [0.4, 0.5) is 5.69 Å². The minimum atomic E-state index is -0.878. The first kappa shape index (κ1) is 21.6. The third kappa shape index (κ3) is 5.18. The molecule has 1 aliphatic heterocycles. The molecule has 0 saturated heterocycles. The lowest BCUT2D eigenvalue weighted by atomic mass is 10.1. The zero-order chi connectivity index (χ0) is 22.7. The normalized spacial score (nSPS) is 14.8. The van der Waals surface area contributed by atoms with Crippen LogP contribution in [-0.4, -0.2) is 28.3 Å². The lowest BCUT2D eigenvalue weighted by Crippen LogP contribution is -2.07. The number of hydrogen-bond acceptors (Lipinski definition) is 5. The third-order valence-corrected chi connectivity index (χ3v) is 5.61. The fraction of sp³-hybridized carbons (Fsp3) is 0.160. The van der Waals surface area contributed by atoms with Crippen molar-refractivity contribution in [2.24, 2.45) is 4.99 Å². The van der Waals surface area contributed by atoms with E-state index in [2.05, 4.69) is 10.3 Å². The molecule has 1 aliphatic rings. The molecule has 1 amide bonds. The topological polar surface area (TPSA) is 88.0 Å².